The Morgan fingerprint density at radius 2 is 1.48 bits per heavy atom. The van der Waals surface area contributed by atoms with Gasteiger partial charge in [-0.15, -0.1) is 0 Å². The lowest BCUT2D eigenvalue weighted by Gasteiger charge is -2.38. The number of aliphatic hydroxyl groups excluding tert-OH is 1. The Hall–Kier alpha value is -3.60. The van der Waals surface area contributed by atoms with Crippen LogP contribution >= 0.6 is 0 Å². The Labute approximate surface area is 271 Å². The summed E-state index contributed by atoms with van der Waals surface area (Å²) in [7, 11) is 0. The summed E-state index contributed by atoms with van der Waals surface area (Å²) in [6.45, 7) is 3.53. The van der Waals surface area contributed by atoms with Crippen molar-refractivity contribution in [2.75, 3.05) is 19.6 Å². The Balaban J connectivity index is 1.24. The number of benzene rings is 3. The maximum absolute atomic E-state index is 12.2. The van der Waals surface area contributed by atoms with Gasteiger partial charge >= 0.3 is 0 Å². The van der Waals surface area contributed by atoms with Crippen LogP contribution in [-0.4, -0.2) is 52.8 Å². The van der Waals surface area contributed by atoms with Gasteiger partial charge in [0.15, 0.2) is 6.29 Å². The molecule has 0 saturated carbocycles. The largest absolute Gasteiger partial charge is 0.392 e. The number of carbonyl (C=O) groups is 2. The summed E-state index contributed by atoms with van der Waals surface area (Å²) >= 11 is 0. The molecular formula is C37H47N3O6. The molecule has 0 aliphatic carbocycles. The predicted molar refractivity (Wildman–Crippen MR) is 175 cm³/mol. The van der Waals surface area contributed by atoms with Crippen LogP contribution in [0.2, 0.25) is 0 Å². The molecule has 3 aromatic carbocycles. The summed E-state index contributed by atoms with van der Waals surface area (Å²) in [6.07, 6.45) is 7.31. The summed E-state index contributed by atoms with van der Waals surface area (Å²) in [5.41, 5.74) is 7.60. The predicted octanol–water partition coefficient (Wildman–Crippen LogP) is 5.95. The minimum absolute atomic E-state index is 0.0202. The van der Waals surface area contributed by atoms with Crippen LogP contribution in [0.3, 0.4) is 0 Å². The molecule has 9 nitrogen and oxygen atoms in total. The van der Waals surface area contributed by atoms with E-state index in [-0.39, 0.29) is 37.6 Å². The molecular weight excluding hydrogens is 582 g/mol. The summed E-state index contributed by atoms with van der Waals surface area (Å²) in [5, 5.41) is 21.0. The fourth-order valence-electron chi connectivity index (χ4n) is 6.26. The maximum atomic E-state index is 12.2. The third kappa shape index (κ3) is 9.95. The molecule has 0 radical (unpaired) electrons. The van der Waals surface area contributed by atoms with Gasteiger partial charge in [-0.25, -0.2) is 5.48 Å². The van der Waals surface area contributed by atoms with Crippen molar-refractivity contribution in [2.45, 2.75) is 89.4 Å². The molecule has 2 fully saturated rings. The summed E-state index contributed by atoms with van der Waals surface area (Å²) in [4.78, 5) is 25.9. The van der Waals surface area contributed by atoms with Crippen molar-refractivity contribution >= 4 is 11.8 Å². The van der Waals surface area contributed by atoms with Crippen LogP contribution in [0, 0.1) is 0 Å². The van der Waals surface area contributed by atoms with Crippen LogP contribution < -0.4 is 10.8 Å². The van der Waals surface area contributed by atoms with Crippen LogP contribution in [0.4, 0.5) is 0 Å². The van der Waals surface area contributed by atoms with Gasteiger partial charge in [0.05, 0.1) is 18.8 Å². The van der Waals surface area contributed by atoms with Crippen molar-refractivity contribution in [1.29, 1.82) is 0 Å². The quantitative estimate of drug-likeness (QED) is 0.144. The van der Waals surface area contributed by atoms with Crippen molar-refractivity contribution in [1.82, 2.24) is 15.7 Å². The molecule has 2 amide bonds. The van der Waals surface area contributed by atoms with Crippen LogP contribution in [0.15, 0.2) is 72.8 Å². The van der Waals surface area contributed by atoms with Crippen molar-refractivity contribution in [2.24, 2.45) is 0 Å². The van der Waals surface area contributed by atoms with Crippen molar-refractivity contribution < 1.29 is 29.4 Å². The lowest BCUT2D eigenvalue weighted by atomic mass is 9.98. The number of carbonyl (C=O) groups excluding carboxylic acids is 2. The number of rotatable bonds is 12. The molecule has 0 bridgehead atoms. The highest BCUT2D eigenvalue weighted by atomic mass is 16.7. The highest BCUT2D eigenvalue weighted by Gasteiger charge is 2.33. The number of hydrogen-bond acceptors (Lipinski definition) is 7. The van der Waals surface area contributed by atoms with Gasteiger partial charge in [0.1, 0.15) is 0 Å². The molecule has 246 valence electrons. The minimum atomic E-state index is -0.496. The Kier molecular flexibility index (Phi) is 12.7. The van der Waals surface area contributed by atoms with E-state index in [9.17, 15) is 14.7 Å². The zero-order chi connectivity index (χ0) is 32.1. The van der Waals surface area contributed by atoms with Crippen LogP contribution in [-0.2, 0) is 32.2 Å². The van der Waals surface area contributed by atoms with Gasteiger partial charge in [-0.1, -0.05) is 86.0 Å². The molecule has 2 aliphatic rings. The topological polar surface area (TPSA) is 120 Å². The second kappa shape index (κ2) is 17.4. The average molecular weight is 630 g/mol. The van der Waals surface area contributed by atoms with Gasteiger partial charge in [-0.2, -0.15) is 0 Å². The molecule has 3 aromatic rings. The molecule has 2 saturated heterocycles. The third-order valence-corrected chi connectivity index (χ3v) is 8.89. The van der Waals surface area contributed by atoms with E-state index in [2.05, 4.69) is 52.7 Å². The van der Waals surface area contributed by atoms with Crippen LogP contribution in [0.25, 0.3) is 11.1 Å². The van der Waals surface area contributed by atoms with E-state index in [1.165, 1.54) is 32.1 Å². The normalized spacial score (nSPS) is 20.8. The van der Waals surface area contributed by atoms with Gasteiger partial charge < -0.3 is 24.8 Å². The number of amides is 2. The van der Waals surface area contributed by atoms with E-state index in [0.717, 1.165) is 59.4 Å². The van der Waals surface area contributed by atoms with E-state index in [1.807, 2.05) is 30.3 Å². The molecule has 9 heteroatoms. The zero-order valence-electron chi connectivity index (χ0n) is 26.5. The second-order valence-corrected chi connectivity index (χ2v) is 12.4. The SMILES string of the molecule is O=C(CCCC(=O)NCc1cccc(-c2ccc([C@@H]3O[C@H](CN4CCCCCCC4)C[C@H](c4ccc(CO)cc4)O3)cc2)c1)NO. The number of nitrogens with one attached hydrogen (secondary N) is 2. The van der Waals surface area contributed by atoms with E-state index < -0.39 is 12.2 Å². The van der Waals surface area contributed by atoms with E-state index in [0.29, 0.717) is 13.0 Å². The number of likely N-dealkylation sites (tertiary alicyclic amines) is 1. The molecule has 0 unspecified atom stereocenters. The number of ether oxygens (including phenoxy) is 2. The lowest BCUT2D eigenvalue weighted by molar-refractivity contribution is -0.253. The number of hydroxylamine groups is 1. The summed E-state index contributed by atoms with van der Waals surface area (Å²) < 4.78 is 13.2. The van der Waals surface area contributed by atoms with Crippen molar-refractivity contribution in [3.63, 3.8) is 0 Å². The Bertz CT molecular complexity index is 1390. The number of aliphatic hydroxyl groups is 1. The van der Waals surface area contributed by atoms with Crippen molar-refractivity contribution in [3.05, 3.63) is 95.1 Å². The van der Waals surface area contributed by atoms with Gasteiger partial charge in [-0.05, 0) is 66.2 Å². The number of nitrogens with zero attached hydrogens (tertiary/aromatic N) is 1. The third-order valence-electron chi connectivity index (χ3n) is 8.89. The molecule has 0 spiro atoms. The Morgan fingerprint density at radius 1 is 0.783 bits per heavy atom. The molecule has 4 N–H and O–H groups in total. The standard InChI is InChI=1S/C37H47N3O6/c41-26-27-12-14-30(15-13-27)34-23-33(25-40-20-4-2-1-3-5-21-40)45-37(46-34)31-18-16-29(17-19-31)32-9-6-8-28(22-32)24-38-35(42)10-7-11-36(43)39-44/h6,8-9,12-19,22,33-34,37,41,44H,1-5,7,10-11,20-21,23-26H2,(H,38,42)(H,39,43)/t33-,34+,37+/m0/s1. The molecule has 2 aliphatic heterocycles. The molecule has 5 rings (SSSR count). The summed E-state index contributed by atoms with van der Waals surface area (Å²) in [5.74, 6) is -0.635. The number of hydrogen-bond donors (Lipinski definition) is 4. The monoisotopic (exact) mass is 629 g/mol. The lowest BCUT2D eigenvalue weighted by Crippen LogP contribution is -2.40. The smallest absolute Gasteiger partial charge is 0.243 e. The Morgan fingerprint density at radius 3 is 2.20 bits per heavy atom. The molecule has 46 heavy (non-hydrogen) atoms. The molecule has 0 aromatic heterocycles. The highest BCUT2D eigenvalue weighted by Crippen LogP contribution is 2.39. The van der Waals surface area contributed by atoms with Gasteiger partial charge in [0.25, 0.3) is 0 Å². The van der Waals surface area contributed by atoms with E-state index >= 15 is 0 Å². The van der Waals surface area contributed by atoms with E-state index in [1.54, 1.807) is 5.48 Å². The first-order valence-corrected chi connectivity index (χ1v) is 16.6. The fourth-order valence-corrected chi connectivity index (χ4v) is 6.26. The average Bonchev–Trinajstić information content (AvgIpc) is 3.08. The minimum Gasteiger partial charge on any atom is -0.392 e. The molecule has 2 heterocycles. The van der Waals surface area contributed by atoms with Crippen molar-refractivity contribution in [3.8, 4) is 11.1 Å². The van der Waals surface area contributed by atoms with Gasteiger partial charge in [-0.3, -0.25) is 14.8 Å². The fraction of sp³-hybridized carbons (Fsp3) is 0.459. The summed E-state index contributed by atoms with van der Waals surface area (Å²) in [6, 6.07) is 24.4. The highest BCUT2D eigenvalue weighted by molar-refractivity contribution is 5.78. The first-order chi connectivity index (χ1) is 22.5. The zero-order valence-corrected chi connectivity index (χ0v) is 26.5. The first-order valence-electron chi connectivity index (χ1n) is 16.6. The first kappa shape index (κ1) is 33.8. The van der Waals surface area contributed by atoms with Crippen LogP contribution in [0.1, 0.15) is 92.4 Å². The maximum Gasteiger partial charge on any atom is 0.243 e. The molecule has 3 atom stereocenters. The van der Waals surface area contributed by atoms with Gasteiger partial charge in [0.2, 0.25) is 11.8 Å². The van der Waals surface area contributed by atoms with E-state index in [4.69, 9.17) is 14.7 Å². The van der Waals surface area contributed by atoms with Crippen LogP contribution in [0.5, 0.6) is 0 Å². The van der Waals surface area contributed by atoms with Gasteiger partial charge in [0, 0.05) is 37.9 Å². The second-order valence-electron chi connectivity index (χ2n) is 12.4.